The number of β-amino-alcohol motifs (C(OH)–C–C–N with tert-alkyl or cyclic N) is 1. The summed E-state index contributed by atoms with van der Waals surface area (Å²) in [6, 6.07) is 4.20. The van der Waals surface area contributed by atoms with Gasteiger partial charge in [-0.3, -0.25) is 9.69 Å². The van der Waals surface area contributed by atoms with Gasteiger partial charge in [-0.2, -0.15) is 0 Å². The van der Waals surface area contributed by atoms with Crippen molar-refractivity contribution in [2.45, 2.75) is 44.1 Å². The van der Waals surface area contributed by atoms with Crippen LogP contribution in [0.25, 0.3) is 0 Å². The van der Waals surface area contributed by atoms with Crippen LogP contribution in [0.2, 0.25) is 0 Å². The Labute approximate surface area is 136 Å². The van der Waals surface area contributed by atoms with Gasteiger partial charge in [-0.1, -0.05) is 18.9 Å². The minimum Gasteiger partial charge on any atom is -0.392 e. The van der Waals surface area contributed by atoms with Crippen LogP contribution in [0, 0.1) is 0 Å². The number of hydrogen-bond acceptors (Lipinski definition) is 4. The monoisotopic (exact) mass is 322 g/mol. The molecule has 122 valence electrons. The van der Waals surface area contributed by atoms with E-state index < -0.39 is 0 Å². The van der Waals surface area contributed by atoms with E-state index in [9.17, 15) is 9.90 Å². The van der Waals surface area contributed by atoms with Gasteiger partial charge in [0.25, 0.3) is 0 Å². The van der Waals surface area contributed by atoms with Gasteiger partial charge >= 0.3 is 0 Å². The van der Waals surface area contributed by atoms with E-state index in [2.05, 4.69) is 27.3 Å². The average Bonchev–Trinajstić information content (AvgIpc) is 3.18. The predicted molar refractivity (Wildman–Crippen MR) is 89.2 cm³/mol. The van der Waals surface area contributed by atoms with Gasteiger partial charge in [-0.15, -0.1) is 11.3 Å². The van der Waals surface area contributed by atoms with E-state index >= 15 is 0 Å². The third-order valence-corrected chi connectivity index (χ3v) is 6.12. The summed E-state index contributed by atoms with van der Waals surface area (Å²) < 4.78 is 0. The van der Waals surface area contributed by atoms with E-state index in [-0.39, 0.29) is 11.5 Å². The van der Waals surface area contributed by atoms with Crippen molar-refractivity contribution >= 4 is 17.2 Å². The molecule has 5 heteroatoms. The Kier molecular flexibility index (Phi) is 4.85. The van der Waals surface area contributed by atoms with Gasteiger partial charge in [-0.25, -0.2) is 0 Å². The zero-order valence-corrected chi connectivity index (χ0v) is 14.1. The molecule has 1 N–H and O–H groups in total. The van der Waals surface area contributed by atoms with Gasteiger partial charge < -0.3 is 10.0 Å². The van der Waals surface area contributed by atoms with Crippen LogP contribution in [0.1, 0.15) is 37.5 Å². The molecule has 1 aliphatic carbocycles. The Bertz CT molecular complexity index is 487. The molecule has 1 saturated carbocycles. The fourth-order valence-electron chi connectivity index (χ4n) is 3.90. The number of aliphatic hydroxyl groups excluding tert-OH is 1. The second-order valence-electron chi connectivity index (χ2n) is 6.71. The summed E-state index contributed by atoms with van der Waals surface area (Å²) in [5.74, 6) is 0.337. The first-order valence-electron chi connectivity index (χ1n) is 8.35. The Morgan fingerprint density at radius 2 is 2.00 bits per heavy atom. The van der Waals surface area contributed by atoms with Crippen molar-refractivity contribution in [2.75, 3.05) is 32.7 Å². The maximum absolute atomic E-state index is 13.2. The molecule has 4 nitrogen and oxygen atoms in total. The van der Waals surface area contributed by atoms with E-state index in [0.29, 0.717) is 12.5 Å². The highest BCUT2D eigenvalue weighted by molar-refractivity contribution is 7.10. The quantitative estimate of drug-likeness (QED) is 0.923. The minimum atomic E-state index is -0.297. The smallest absolute Gasteiger partial charge is 0.234 e. The maximum Gasteiger partial charge on any atom is 0.234 e. The molecule has 1 amide bonds. The third kappa shape index (κ3) is 3.07. The molecule has 0 spiro atoms. The molecule has 3 rings (SSSR count). The molecule has 22 heavy (non-hydrogen) atoms. The first-order valence-corrected chi connectivity index (χ1v) is 9.23. The van der Waals surface area contributed by atoms with Gasteiger partial charge in [-0.05, 0) is 31.2 Å². The van der Waals surface area contributed by atoms with Crippen LogP contribution in [0.5, 0.6) is 0 Å². The topological polar surface area (TPSA) is 43.8 Å². The van der Waals surface area contributed by atoms with Crippen LogP contribution in [-0.4, -0.2) is 59.6 Å². The van der Waals surface area contributed by atoms with Gasteiger partial charge in [0.05, 0.1) is 11.5 Å². The predicted octanol–water partition coefficient (Wildman–Crippen LogP) is 2.08. The minimum absolute atomic E-state index is 0.249. The average molecular weight is 322 g/mol. The van der Waals surface area contributed by atoms with Crippen LogP contribution in [0.15, 0.2) is 17.5 Å². The van der Waals surface area contributed by atoms with E-state index in [1.165, 1.54) is 4.88 Å². The number of nitrogens with zero attached hydrogens (tertiary/aromatic N) is 2. The lowest BCUT2D eigenvalue weighted by atomic mass is 9.82. The molecule has 2 aliphatic rings. The fourth-order valence-corrected chi connectivity index (χ4v) is 4.88. The summed E-state index contributed by atoms with van der Waals surface area (Å²) in [6.07, 6.45) is 4.02. The summed E-state index contributed by atoms with van der Waals surface area (Å²) in [5.41, 5.74) is -0.249. The summed E-state index contributed by atoms with van der Waals surface area (Å²) in [4.78, 5) is 18.8. The van der Waals surface area contributed by atoms with Crippen molar-refractivity contribution in [1.29, 1.82) is 0 Å². The lowest BCUT2D eigenvalue weighted by Crippen LogP contribution is -2.54. The molecule has 0 aromatic carbocycles. The number of amides is 1. The zero-order chi connectivity index (χ0) is 15.6. The highest BCUT2D eigenvalue weighted by Gasteiger charge is 2.46. The van der Waals surface area contributed by atoms with Crippen molar-refractivity contribution in [3.63, 3.8) is 0 Å². The molecule has 1 saturated heterocycles. The second kappa shape index (κ2) is 6.69. The zero-order valence-electron chi connectivity index (χ0n) is 13.3. The van der Waals surface area contributed by atoms with Crippen molar-refractivity contribution in [1.82, 2.24) is 9.80 Å². The van der Waals surface area contributed by atoms with Crippen molar-refractivity contribution in [2.24, 2.45) is 0 Å². The van der Waals surface area contributed by atoms with Crippen LogP contribution >= 0.6 is 11.3 Å². The Morgan fingerprint density at radius 1 is 1.32 bits per heavy atom. The Balaban J connectivity index is 1.68. The Morgan fingerprint density at radius 3 is 2.55 bits per heavy atom. The largest absolute Gasteiger partial charge is 0.392 e. The molecular weight excluding hydrogens is 296 g/mol. The van der Waals surface area contributed by atoms with Crippen LogP contribution in [0.4, 0.5) is 0 Å². The first-order chi connectivity index (χ1) is 10.6. The molecule has 2 heterocycles. The van der Waals surface area contributed by atoms with E-state index in [4.69, 9.17) is 0 Å². The van der Waals surface area contributed by atoms with Crippen molar-refractivity contribution in [3.8, 4) is 0 Å². The molecule has 2 fully saturated rings. The summed E-state index contributed by atoms with van der Waals surface area (Å²) in [5, 5.41) is 11.6. The second-order valence-corrected chi connectivity index (χ2v) is 7.66. The van der Waals surface area contributed by atoms with Gasteiger partial charge in [0.2, 0.25) is 5.91 Å². The van der Waals surface area contributed by atoms with Crippen LogP contribution in [0.3, 0.4) is 0 Å². The SMILES string of the molecule is C[C@H](O)CN1CCN(C(=O)C2(c3cccs3)CCCC2)CC1. The molecule has 1 aliphatic heterocycles. The van der Waals surface area contributed by atoms with E-state index in [0.717, 1.165) is 51.9 Å². The van der Waals surface area contributed by atoms with Gasteiger partial charge in [0, 0.05) is 37.6 Å². The van der Waals surface area contributed by atoms with Gasteiger partial charge in [0.1, 0.15) is 0 Å². The maximum atomic E-state index is 13.2. The van der Waals surface area contributed by atoms with Crippen molar-refractivity contribution < 1.29 is 9.90 Å². The molecule has 0 radical (unpaired) electrons. The molecule has 1 aromatic rings. The number of piperazine rings is 1. The van der Waals surface area contributed by atoms with E-state index in [1.54, 1.807) is 11.3 Å². The molecule has 1 atom stereocenters. The summed E-state index contributed by atoms with van der Waals surface area (Å²) >= 11 is 1.73. The molecule has 0 bridgehead atoms. The first kappa shape index (κ1) is 16.0. The van der Waals surface area contributed by atoms with Crippen LogP contribution < -0.4 is 0 Å². The van der Waals surface area contributed by atoms with Gasteiger partial charge in [0.15, 0.2) is 0 Å². The molecule has 1 aromatic heterocycles. The Hall–Kier alpha value is -0.910. The lowest BCUT2D eigenvalue weighted by molar-refractivity contribution is -0.139. The fraction of sp³-hybridized carbons (Fsp3) is 0.706. The number of aliphatic hydroxyl groups is 1. The number of carbonyl (C=O) groups is 1. The molecular formula is C17H26N2O2S. The number of thiophene rings is 1. The number of hydrogen-bond donors (Lipinski definition) is 1. The number of rotatable bonds is 4. The van der Waals surface area contributed by atoms with Crippen molar-refractivity contribution in [3.05, 3.63) is 22.4 Å². The number of carbonyl (C=O) groups excluding carboxylic acids is 1. The van der Waals surface area contributed by atoms with Crippen LogP contribution in [-0.2, 0) is 10.2 Å². The summed E-state index contributed by atoms with van der Waals surface area (Å²) in [7, 11) is 0. The summed E-state index contributed by atoms with van der Waals surface area (Å²) in [6.45, 7) is 5.85. The lowest BCUT2D eigenvalue weighted by Gasteiger charge is -2.39. The normalized spacial score (nSPS) is 23.6. The van der Waals surface area contributed by atoms with E-state index in [1.807, 2.05) is 6.92 Å². The third-order valence-electron chi connectivity index (χ3n) is 5.04. The highest BCUT2D eigenvalue weighted by atomic mass is 32.1. The highest BCUT2D eigenvalue weighted by Crippen LogP contribution is 2.44. The molecule has 0 unspecified atom stereocenters. The standard InChI is InChI=1S/C17H26N2O2S/c1-14(20)13-18-8-10-19(11-9-18)16(21)17(6-2-3-7-17)15-5-4-12-22-15/h4-5,12,14,20H,2-3,6-11,13H2,1H3/t14-/m0/s1.